The van der Waals surface area contributed by atoms with Crippen molar-refractivity contribution in [2.75, 3.05) is 13.1 Å². The first kappa shape index (κ1) is 15.4. The number of benzene rings is 1. The van der Waals surface area contributed by atoms with Crippen molar-refractivity contribution < 1.29 is 8.78 Å². The third-order valence-electron chi connectivity index (χ3n) is 4.62. The Balaban J connectivity index is 2.20. The van der Waals surface area contributed by atoms with Gasteiger partial charge in [0.25, 0.3) is 0 Å². The predicted octanol–water partition coefficient (Wildman–Crippen LogP) is 3.32. The van der Waals surface area contributed by atoms with Crippen LogP contribution in [0.15, 0.2) is 18.2 Å². The molecule has 1 N–H and O–H groups in total. The van der Waals surface area contributed by atoms with Gasteiger partial charge in [-0.25, -0.2) is 8.78 Å². The highest BCUT2D eigenvalue weighted by Crippen LogP contribution is 2.28. The molecule has 1 aromatic rings. The summed E-state index contributed by atoms with van der Waals surface area (Å²) in [4.78, 5) is 2.42. The minimum atomic E-state index is -0.778. The molecule has 112 valence electrons. The average molecular weight is 282 g/mol. The second-order valence-corrected chi connectivity index (χ2v) is 5.84. The lowest BCUT2D eigenvalue weighted by Crippen LogP contribution is -2.63. The highest BCUT2D eigenvalue weighted by molar-refractivity contribution is 5.18. The highest BCUT2D eigenvalue weighted by Gasteiger charge is 2.37. The molecule has 0 aliphatic carbocycles. The van der Waals surface area contributed by atoms with E-state index in [1.165, 1.54) is 12.1 Å². The maximum Gasteiger partial charge on any atom is 0.159 e. The van der Waals surface area contributed by atoms with Crippen LogP contribution in [0.2, 0.25) is 0 Å². The summed E-state index contributed by atoms with van der Waals surface area (Å²) >= 11 is 0. The fourth-order valence-electron chi connectivity index (χ4n) is 3.10. The Bertz CT molecular complexity index is 458. The van der Waals surface area contributed by atoms with Crippen LogP contribution in [0.1, 0.15) is 39.2 Å². The zero-order chi connectivity index (χ0) is 14.8. The fourth-order valence-corrected chi connectivity index (χ4v) is 3.10. The monoisotopic (exact) mass is 282 g/mol. The highest BCUT2D eigenvalue weighted by atomic mass is 19.2. The molecule has 2 rings (SSSR count). The van der Waals surface area contributed by atoms with E-state index in [0.29, 0.717) is 12.6 Å². The number of rotatable bonds is 4. The molecular weight excluding hydrogens is 258 g/mol. The summed E-state index contributed by atoms with van der Waals surface area (Å²) in [5.41, 5.74) is 0.946. The first-order valence-electron chi connectivity index (χ1n) is 7.43. The van der Waals surface area contributed by atoms with Crippen molar-refractivity contribution in [3.63, 3.8) is 0 Å². The molecule has 1 aliphatic heterocycles. The van der Waals surface area contributed by atoms with Crippen molar-refractivity contribution in [2.45, 2.75) is 51.7 Å². The molecule has 2 nitrogen and oxygen atoms in total. The SMILES string of the molecule is CCC1(CC)CNC(C)CN1Cc1ccc(F)c(F)c1. The Hall–Kier alpha value is -1.00. The van der Waals surface area contributed by atoms with E-state index >= 15 is 0 Å². The van der Waals surface area contributed by atoms with Crippen LogP contribution in [0.5, 0.6) is 0 Å². The van der Waals surface area contributed by atoms with Crippen LogP contribution >= 0.6 is 0 Å². The summed E-state index contributed by atoms with van der Waals surface area (Å²) in [6.45, 7) is 9.10. The van der Waals surface area contributed by atoms with Gasteiger partial charge in [-0.2, -0.15) is 0 Å². The number of halogens is 2. The van der Waals surface area contributed by atoms with Crippen LogP contribution in [0.25, 0.3) is 0 Å². The first-order chi connectivity index (χ1) is 9.50. The van der Waals surface area contributed by atoms with Gasteiger partial charge in [0.1, 0.15) is 0 Å². The van der Waals surface area contributed by atoms with Gasteiger partial charge in [0.05, 0.1) is 0 Å². The van der Waals surface area contributed by atoms with Crippen molar-refractivity contribution in [1.29, 1.82) is 0 Å². The van der Waals surface area contributed by atoms with Crippen molar-refractivity contribution in [3.05, 3.63) is 35.4 Å². The molecule has 0 spiro atoms. The molecule has 1 fully saturated rings. The zero-order valence-electron chi connectivity index (χ0n) is 12.5. The molecule has 1 heterocycles. The first-order valence-corrected chi connectivity index (χ1v) is 7.43. The minimum absolute atomic E-state index is 0.109. The van der Waals surface area contributed by atoms with Crippen LogP contribution < -0.4 is 5.32 Å². The molecule has 4 heteroatoms. The smallest absolute Gasteiger partial charge is 0.159 e. The Labute approximate surface area is 120 Å². The third-order valence-corrected chi connectivity index (χ3v) is 4.62. The quantitative estimate of drug-likeness (QED) is 0.911. The van der Waals surface area contributed by atoms with E-state index in [1.807, 2.05) is 0 Å². The molecule has 1 atom stereocenters. The topological polar surface area (TPSA) is 15.3 Å². The van der Waals surface area contributed by atoms with E-state index in [1.54, 1.807) is 6.07 Å². The van der Waals surface area contributed by atoms with E-state index in [9.17, 15) is 8.78 Å². The molecule has 1 aromatic carbocycles. The van der Waals surface area contributed by atoms with Gasteiger partial charge in [-0.05, 0) is 37.5 Å². The van der Waals surface area contributed by atoms with E-state index in [0.717, 1.165) is 31.5 Å². The maximum absolute atomic E-state index is 13.4. The van der Waals surface area contributed by atoms with Crippen molar-refractivity contribution in [1.82, 2.24) is 10.2 Å². The number of piperazine rings is 1. The molecule has 1 unspecified atom stereocenters. The number of hydrogen-bond acceptors (Lipinski definition) is 2. The Morgan fingerprint density at radius 3 is 2.55 bits per heavy atom. The van der Waals surface area contributed by atoms with Crippen LogP contribution in [0, 0.1) is 11.6 Å². The van der Waals surface area contributed by atoms with Gasteiger partial charge < -0.3 is 5.32 Å². The van der Waals surface area contributed by atoms with Crippen LogP contribution in [0.3, 0.4) is 0 Å². The Kier molecular flexibility index (Phi) is 4.76. The van der Waals surface area contributed by atoms with Gasteiger partial charge in [-0.3, -0.25) is 4.90 Å². The van der Waals surface area contributed by atoms with Gasteiger partial charge in [0.15, 0.2) is 11.6 Å². The average Bonchev–Trinajstić information content (AvgIpc) is 2.44. The Morgan fingerprint density at radius 1 is 1.25 bits per heavy atom. The molecule has 0 radical (unpaired) electrons. The minimum Gasteiger partial charge on any atom is -0.311 e. The number of nitrogens with zero attached hydrogens (tertiary/aromatic N) is 1. The standard InChI is InChI=1S/C16H24F2N2/c1-4-16(5-2)11-19-12(3)9-20(16)10-13-6-7-14(17)15(18)8-13/h6-8,12,19H,4-5,9-11H2,1-3H3. The van der Waals surface area contributed by atoms with Crippen molar-refractivity contribution in [2.24, 2.45) is 0 Å². The lowest BCUT2D eigenvalue weighted by Gasteiger charge is -2.49. The second kappa shape index (κ2) is 6.19. The summed E-state index contributed by atoms with van der Waals surface area (Å²) in [6.07, 6.45) is 2.10. The summed E-state index contributed by atoms with van der Waals surface area (Å²) in [6, 6.07) is 4.64. The molecule has 0 aromatic heterocycles. The third kappa shape index (κ3) is 3.01. The van der Waals surface area contributed by atoms with E-state index in [2.05, 4.69) is 31.0 Å². The largest absolute Gasteiger partial charge is 0.311 e. The molecule has 1 saturated heterocycles. The van der Waals surface area contributed by atoms with Gasteiger partial charge in [0.2, 0.25) is 0 Å². The summed E-state index contributed by atoms with van der Waals surface area (Å²) in [5.74, 6) is -1.54. The van der Waals surface area contributed by atoms with Gasteiger partial charge in [0, 0.05) is 31.2 Å². The number of nitrogens with one attached hydrogen (secondary N) is 1. The summed E-state index contributed by atoms with van der Waals surface area (Å²) < 4.78 is 26.4. The van der Waals surface area contributed by atoms with Crippen molar-refractivity contribution >= 4 is 0 Å². The Morgan fingerprint density at radius 2 is 1.95 bits per heavy atom. The second-order valence-electron chi connectivity index (χ2n) is 5.84. The fraction of sp³-hybridized carbons (Fsp3) is 0.625. The summed E-state index contributed by atoms with van der Waals surface area (Å²) in [7, 11) is 0. The molecule has 1 aliphatic rings. The number of hydrogen-bond donors (Lipinski definition) is 1. The van der Waals surface area contributed by atoms with Gasteiger partial charge >= 0.3 is 0 Å². The molecule has 0 bridgehead atoms. The maximum atomic E-state index is 13.4. The normalized spacial score (nSPS) is 22.9. The van der Waals surface area contributed by atoms with Gasteiger partial charge in [-0.15, -0.1) is 0 Å². The van der Waals surface area contributed by atoms with Crippen LogP contribution in [0.4, 0.5) is 8.78 Å². The molecule has 0 amide bonds. The van der Waals surface area contributed by atoms with Gasteiger partial charge in [-0.1, -0.05) is 19.9 Å². The molecular formula is C16H24F2N2. The lowest BCUT2D eigenvalue weighted by molar-refractivity contribution is 0.0277. The predicted molar refractivity (Wildman–Crippen MR) is 77.5 cm³/mol. The van der Waals surface area contributed by atoms with E-state index in [4.69, 9.17) is 0 Å². The van der Waals surface area contributed by atoms with E-state index < -0.39 is 11.6 Å². The van der Waals surface area contributed by atoms with Crippen molar-refractivity contribution in [3.8, 4) is 0 Å². The van der Waals surface area contributed by atoms with E-state index in [-0.39, 0.29) is 5.54 Å². The van der Waals surface area contributed by atoms with Crippen LogP contribution in [-0.4, -0.2) is 29.6 Å². The lowest BCUT2D eigenvalue weighted by atomic mass is 9.87. The summed E-state index contributed by atoms with van der Waals surface area (Å²) in [5, 5.41) is 3.54. The zero-order valence-corrected chi connectivity index (χ0v) is 12.5. The molecule has 0 saturated carbocycles. The van der Waals surface area contributed by atoms with Crippen LogP contribution in [-0.2, 0) is 6.54 Å². The molecule has 20 heavy (non-hydrogen) atoms.